The standard InChI is InChI=1S/C32H48O/c1-3-5-6-9-27-12-16-30(17-13-27)20-21-31-18-14-28(15-19-31)10-7-8-11-29-22-24-32(25-23-29)33-26-4-2/h7,10,22-25,27-28,30-31H,3-6,9,12-21,26H2,1-2H3/t27-,28-,30-,31-. The van der Waals surface area contributed by atoms with Crippen LogP contribution < -0.4 is 4.74 Å². The van der Waals surface area contributed by atoms with Crippen molar-refractivity contribution in [2.24, 2.45) is 23.7 Å². The molecule has 0 N–H and O–H groups in total. The van der Waals surface area contributed by atoms with Crippen molar-refractivity contribution in [3.63, 3.8) is 0 Å². The number of benzene rings is 1. The van der Waals surface area contributed by atoms with Crippen LogP contribution in [0.4, 0.5) is 0 Å². The van der Waals surface area contributed by atoms with Gasteiger partial charge in [-0.25, -0.2) is 0 Å². The van der Waals surface area contributed by atoms with Crippen LogP contribution in [0.25, 0.3) is 0 Å². The maximum absolute atomic E-state index is 5.63. The molecule has 0 heterocycles. The van der Waals surface area contributed by atoms with Gasteiger partial charge in [-0.1, -0.05) is 96.0 Å². The maximum Gasteiger partial charge on any atom is 0.119 e. The molecule has 3 rings (SSSR count). The molecule has 0 saturated heterocycles. The van der Waals surface area contributed by atoms with Gasteiger partial charge in [0.05, 0.1) is 6.61 Å². The van der Waals surface area contributed by atoms with Crippen LogP contribution in [0.1, 0.15) is 116 Å². The summed E-state index contributed by atoms with van der Waals surface area (Å²) in [5, 5.41) is 0. The number of ether oxygens (including phenoxy) is 1. The van der Waals surface area contributed by atoms with E-state index in [1.54, 1.807) is 0 Å². The van der Waals surface area contributed by atoms with Crippen molar-refractivity contribution in [2.75, 3.05) is 6.61 Å². The highest BCUT2D eigenvalue weighted by Gasteiger charge is 2.24. The van der Waals surface area contributed by atoms with Crippen molar-refractivity contribution in [1.29, 1.82) is 0 Å². The summed E-state index contributed by atoms with van der Waals surface area (Å²) in [6.07, 6.45) is 25.9. The molecule has 2 aliphatic rings. The van der Waals surface area contributed by atoms with E-state index in [1.807, 2.05) is 12.1 Å². The number of allylic oxidation sites excluding steroid dienone is 2. The smallest absolute Gasteiger partial charge is 0.119 e. The lowest BCUT2D eigenvalue weighted by Crippen LogP contribution is -2.17. The Hall–Kier alpha value is -1.68. The molecule has 0 atom stereocenters. The molecule has 0 bridgehead atoms. The molecule has 0 spiro atoms. The largest absolute Gasteiger partial charge is 0.494 e. The molecule has 1 aromatic carbocycles. The Morgan fingerprint density at radius 1 is 0.758 bits per heavy atom. The second-order valence-electron chi connectivity index (χ2n) is 10.7. The molecule has 0 amide bonds. The molecule has 182 valence electrons. The summed E-state index contributed by atoms with van der Waals surface area (Å²) in [6.45, 7) is 5.22. The van der Waals surface area contributed by atoms with Gasteiger partial charge in [0.15, 0.2) is 0 Å². The van der Waals surface area contributed by atoms with Crippen LogP contribution in [0, 0.1) is 35.5 Å². The minimum Gasteiger partial charge on any atom is -0.494 e. The predicted molar refractivity (Wildman–Crippen MR) is 143 cm³/mol. The molecule has 0 aliphatic heterocycles. The Labute approximate surface area is 204 Å². The van der Waals surface area contributed by atoms with Gasteiger partial charge in [0.2, 0.25) is 0 Å². The summed E-state index contributed by atoms with van der Waals surface area (Å²) in [6, 6.07) is 8.14. The zero-order valence-corrected chi connectivity index (χ0v) is 21.5. The fraction of sp³-hybridized carbons (Fsp3) is 0.688. The first-order valence-electron chi connectivity index (χ1n) is 14.2. The van der Waals surface area contributed by atoms with Crippen LogP contribution in [-0.4, -0.2) is 6.61 Å². The quantitative estimate of drug-likeness (QED) is 0.242. The Balaban J connectivity index is 1.28. The summed E-state index contributed by atoms with van der Waals surface area (Å²) < 4.78 is 5.63. The molecule has 33 heavy (non-hydrogen) atoms. The lowest BCUT2D eigenvalue weighted by molar-refractivity contribution is 0.219. The van der Waals surface area contributed by atoms with E-state index in [1.165, 1.54) is 89.9 Å². The summed E-state index contributed by atoms with van der Waals surface area (Å²) >= 11 is 0. The zero-order chi connectivity index (χ0) is 23.1. The lowest BCUT2D eigenvalue weighted by Gasteiger charge is -2.31. The molecule has 2 aliphatic carbocycles. The fourth-order valence-electron chi connectivity index (χ4n) is 5.80. The van der Waals surface area contributed by atoms with Crippen LogP contribution >= 0.6 is 0 Å². The van der Waals surface area contributed by atoms with E-state index in [0.29, 0.717) is 0 Å². The molecule has 0 unspecified atom stereocenters. The van der Waals surface area contributed by atoms with Crippen molar-refractivity contribution in [3.8, 4) is 17.6 Å². The van der Waals surface area contributed by atoms with E-state index < -0.39 is 0 Å². The minimum absolute atomic E-state index is 0.735. The first-order chi connectivity index (χ1) is 16.3. The predicted octanol–water partition coefficient (Wildman–Crippen LogP) is 9.36. The molecule has 2 fully saturated rings. The van der Waals surface area contributed by atoms with Gasteiger partial charge < -0.3 is 4.74 Å². The van der Waals surface area contributed by atoms with Gasteiger partial charge >= 0.3 is 0 Å². The summed E-state index contributed by atoms with van der Waals surface area (Å²) in [7, 11) is 0. The van der Waals surface area contributed by atoms with Gasteiger partial charge in [-0.15, -0.1) is 0 Å². The van der Waals surface area contributed by atoms with Crippen LogP contribution in [0.3, 0.4) is 0 Å². The highest BCUT2D eigenvalue weighted by molar-refractivity contribution is 5.40. The van der Waals surface area contributed by atoms with Crippen molar-refractivity contribution in [1.82, 2.24) is 0 Å². The Morgan fingerprint density at radius 2 is 1.36 bits per heavy atom. The van der Waals surface area contributed by atoms with Gasteiger partial charge in [-0.3, -0.25) is 0 Å². The molecule has 1 heteroatoms. The van der Waals surface area contributed by atoms with Crippen molar-refractivity contribution in [2.45, 2.75) is 110 Å². The van der Waals surface area contributed by atoms with Crippen LogP contribution in [0.15, 0.2) is 36.4 Å². The number of hydrogen-bond donors (Lipinski definition) is 0. The van der Waals surface area contributed by atoms with E-state index in [4.69, 9.17) is 4.74 Å². The summed E-state index contributed by atoms with van der Waals surface area (Å²) in [4.78, 5) is 0. The van der Waals surface area contributed by atoms with Crippen LogP contribution in [-0.2, 0) is 0 Å². The number of rotatable bonds is 11. The Morgan fingerprint density at radius 3 is 1.97 bits per heavy atom. The third-order valence-electron chi connectivity index (χ3n) is 8.05. The van der Waals surface area contributed by atoms with Crippen LogP contribution in [0.2, 0.25) is 0 Å². The third kappa shape index (κ3) is 10.00. The zero-order valence-electron chi connectivity index (χ0n) is 21.5. The molecular formula is C32H48O. The SMILES string of the molecule is CCCCC[C@H]1CC[C@H](CC[C@H]2CC[C@H](C=CC#Cc3ccc(OCCC)cc3)CC2)CC1. The van der Waals surface area contributed by atoms with E-state index in [-0.39, 0.29) is 0 Å². The van der Waals surface area contributed by atoms with E-state index >= 15 is 0 Å². The molecule has 0 aromatic heterocycles. The van der Waals surface area contributed by atoms with Gasteiger partial charge in [-0.2, -0.15) is 0 Å². The van der Waals surface area contributed by atoms with Gasteiger partial charge in [-0.05, 0) is 86.1 Å². The molecule has 1 aromatic rings. The second kappa shape index (κ2) is 15.3. The fourth-order valence-corrected chi connectivity index (χ4v) is 5.80. The highest BCUT2D eigenvalue weighted by atomic mass is 16.5. The maximum atomic E-state index is 5.63. The Kier molecular flexibility index (Phi) is 12.0. The van der Waals surface area contributed by atoms with Crippen molar-refractivity contribution >= 4 is 0 Å². The molecule has 0 radical (unpaired) electrons. The average molecular weight is 449 g/mol. The average Bonchev–Trinajstić information content (AvgIpc) is 2.86. The monoisotopic (exact) mass is 448 g/mol. The Bertz CT molecular complexity index is 718. The van der Waals surface area contributed by atoms with E-state index in [2.05, 4.69) is 50.0 Å². The molecule has 1 nitrogen and oxygen atoms in total. The van der Waals surface area contributed by atoms with Crippen molar-refractivity contribution < 1.29 is 4.74 Å². The topological polar surface area (TPSA) is 9.23 Å². The first kappa shape index (κ1) is 25.9. The normalized spacial score (nSPS) is 25.5. The summed E-state index contributed by atoms with van der Waals surface area (Å²) in [5.41, 5.74) is 1.06. The van der Waals surface area contributed by atoms with Gasteiger partial charge in [0, 0.05) is 5.56 Å². The molecule has 2 saturated carbocycles. The minimum atomic E-state index is 0.735. The first-order valence-corrected chi connectivity index (χ1v) is 14.2. The van der Waals surface area contributed by atoms with E-state index in [0.717, 1.165) is 48.0 Å². The second-order valence-corrected chi connectivity index (χ2v) is 10.7. The van der Waals surface area contributed by atoms with Gasteiger partial charge in [0.1, 0.15) is 5.75 Å². The summed E-state index contributed by atoms with van der Waals surface area (Å²) in [5.74, 6) is 11.2. The van der Waals surface area contributed by atoms with E-state index in [9.17, 15) is 0 Å². The van der Waals surface area contributed by atoms with Crippen LogP contribution in [0.5, 0.6) is 5.75 Å². The number of hydrogen-bond acceptors (Lipinski definition) is 1. The number of unbranched alkanes of at least 4 members (excludes halogenated alkanes) is 2. The van der Waals surface area contributed by atoms with Gasteiger partial charge in [0.25, 0.3) is 0 Å². The third-order valence-corrected chi connectivity index (χ3v) is 8.05. The highest BCUT2D eigenvalue weighted by Crippen LogP contribution is 2.38. The van der Waals surface area contributed by atoms with Crippen molar-refractivity contribution in [3.05, 3.63) is 42.0 Å². The molecular weight excluding hydrogens is 400 g/mol. The lowest BCUT2D eigenvalue weighted by atomic mass is 9.75.